The summed E-state index contributed by atoms with van der Waals surface area (Å²) in [6.45, 7) is 8.83. The van der Waals surface area contributed by atoms with E-state index in [1.165, 1.54) is 22.3 Å². The van der Waals surface area contributed by atoms with Crippen LogP contribution in [0.3, 0.4) is 0 Å². The van der Waals surface area contributed by atoms with Crippen LogP contribution in [-0.2, 0) is 5.41 Å². The molecule has 3 aromatic rings. The van der Waals surface area contributed by atoms with Crippen LogP contribution >= 0.6 is 15.9 Å². The molecule has 0 amide bonds. The van der Waals surface area contributed by atoms with E-state index in [0.717, 1.165) is 27.9 Å². The summed E-state index contributed by atoms with van der Waals surface area (Å²) in [5.74, 6) is 0.940. The van der Waals surface area contributed by atoms with Gasteiger partial charge in [0.05, 0.1) is 11.8 Å². The van der Waals surface area contributed by atoms with Gasteiger partial charge in [-0.3, -0.25) is 0 Å². The fourth-order valence-corrected chi connectivity index (χ4v) is 4.73. The largest absolute Gasteiger partial charge is 0.464 e. The van der Waals surface area contributed by atoms with Crippen LogP contribution < -0.4 is 4.74 Å². The fourth-order valence-electron chi connectivity index (χ4n) is 4.35. The molecule has 0 spiro atoms. The Kier molecular flexibility index (Phi) is 4.93. The fraction of sp³-hybridized carbons (Fsp3) is 0.296. The van der Waals surface area contributed by atoms with Crippen LogP contribution in [0.1, 0.15) is 67.3 Å². The van der Waals surface area contributed by atoms with Crippen LogP contribution in [0, 0.1) is 6.92 Å². The van der Waals surface area contributed by atoms with Crippen molar-refractivity contribution in [3.8, 4) is 5.75 Å². The molecule has 0 aliphatic carbocycles. The first-order valence-electron chi connectivity index (χ1n) is 10.8. The number of hydrogen-bond acceptors (Lipinski definition) is 3. The third-order valence-electron chi connectivity index (χ3n) is 6.20. The third kappa shape index (κ3) is 3.78. The van der Waals surface area contributed by atoms with Gasteiger partial charge in [-0.1, -0.05) is 90.8 Å². The molecule has 0 saturated carbocycles. The number of hydrazone groups is 1. The minimum atomic E-state index is -0.240. The molecule has 2 heterocycles. The summed E-state index contributed by atoms with van der Waals surface area (Å²) < 4.78 is 7.58. The van der Waals surface area contributed by atoms with Crippen molar-refractivity contribution < 1.29 is 4.74 Å². The number of ether oxygens (including phenoxy) is 1. The molecule has 158 valence electrons. The van der Waals surface area contributed by atoms with Gasteiger partial charge in [0.25, 0.3) is 0 Å². The van der Waals surface area contributed by atoms with Crippen LogP contribution in [0.15, 0.2) is 76.3 Å². The predicted octanol–water partition coefficient (Wildman–Crippen LogP) is 7.30. The van der Waals surface area contributed by atoms with Crippen molar-refractivity contribution in [1.29, 1.82) is 0 Å². The Morgan fingerprint density at radius 1 is 0.968 bits per heavy atom. The number of rotatable bonds is 2. The minimum absolute atomic E-state index is 0.123. The normalized spacial score (nSPS) is 20.0. The van der Waals surface area contributed by atoms with Gasteiger partial charge in [-0.2, -0.15) is 5.10 Å². The highest BCUT2D eigenvalue weighted by atomic mass is 79.9. The molecule has 0 saturated heterocycles. The van der Waals surface area contributed by atoms with Gasteiger partial charge in [-0.25, -0.2) is 5.01 Å². The van der Waals surface area contributed by atoms with Crippen LogP contribution in [0.25, 0.3) is 0 Å². The van der Waals surface area contributed by atoms with Crippen molar-refractivity contribution in [3.63, 3.8) is 0 Å². The smallest absolute Gasteiger partial charge is 0.213 e. The molecule has 0 N–H and O–H groups in total. The molecule has 3 aromatic carbocycles. The van der Waals surface area contributed by atoms with Crippen molar-refractivity contribution in [2.75, 3.05) is 0 Å². The maximum absolute atomic E-state index is 6.51. The minimum Gasteiger partial charge on any atom is -0.464 e. The molecular formula is C27H27BrN2O. The van der Waals surface area contributed by atoms with E-state index in [4.69, 9.17) is 9.84 Å². The Morgan fingerprint density at radius 2 is 1.68 bits per heavy atom. The van der Waals surface area contributed by atoms with Gasteiger partial charge in [0, 0.05) is 22.0 Å². The molecule has 2 aliphatic rings. The number of halogens is 1. The average molecular weight is 475 g/mol. The van der Waals surface area contributed by atoms with E-state index in [9.17, 15) is 0 Å². The Hall–Kier alpha value is -2.59. The SMILES string of the molecule is Cc1ccc(C2=NN3[C@H](C2)c2cc(Br)ccc2O[C@@H]3c2ccc(C(C)(C)C)cc2)cc1. The van der Waals surface area contributed by atoms with Crippen LogP contribution in [-0.4, -0.2) is 10.7 Å². The first-order chi connectivity index (χ1) is 14.8. The van der Waals surface area contributed by atoms with E-state index in [-0.39, 0.29) is 17.7 Å². The van der Waals surface area contributed by atoms with Gasteiger partial charge < -0.3 is 4.74 Å². The topological polar surface area (TPSA) is 24.8 Å². The van der Waals surface area contributed by atoms with E-state index >= 15 is 0 Å². The second kappa shape index (κ2) is 7.52. The summed E-state index contributed by atoms with van der Waals surface area (Å²) in [7, 11) is 0. The molecule has 2 aliphatic heterocycles. The molecule has 0 bridgehead atoms. The summed E-state index contributed by atoms with van der Waals surface area (Å²) in [4.78, 5) is 0. The lowest BCUT2D eigenvalue weighted by Gasteiger charge is -2.38. The molecule has 31 heavy (non-hydrogen) atoms. The van der Waals surface area contributed by atoms with E-state index in [1.807, 2.05) is 6.07 Å². The van der Waals surface area contributed by atoms with Gasteiger partial charge in [0.1, 0.15) is 5.75 Å². The highest BCUT2D eigenvalue weighted by Crippen LogP contribution is 2.48. The molecule has 0 aromatic heterocycles. The Balaban J connectivity index is 1.56. The number of fused-ring (bicyclic) bond motifs is 3. The Morgan fingerprint density at radius 3 is 2.35 bits per heavy atom. The van der Waals surface area contributed by atoms with Gasteiger partial charge in [0.15, 0.2) is 0 Å². The Bertz CT molecular complexity index is 1140. The Labute approximate surface area is 192 Å². The molecule has 0 radical (unpaired) electrons. The lowest BCUT2D eigenvalue weighted by molar-refractivity contribution is -0.0191. The second-order valence-corrected chi connectivity index (χ2v) is 10.5. The summed E-state index contributed by atoms with van der Waals surface area (Å²) in [5.41, 5.74) is 7.30. The van der Waals surface area contributed by atoms with Crippen LogP contribution in [0.2, 0.25) is 0 Å². The quantitative estimate of drug-likeness (QED) is 0.389. The summed E-state index contributed by atoms with van der Waals surface area (Å²) >= 11 is 3.63. The van der Waals surface area contributed by atoms with Crippen molar-refractivity contribution in [1.82, 2.24) is 5.01 Å². The first-order valence-corrected chi connectivity index (χ1v) is 11.6. The molecule has 0 fully saturated rings. The summed E-state index contributed by atoms with van der Waals surface area (Å²) in [6, 6.07) is 23.9. The van der Waals surface area contributed by atoms with Crippen LogP contribution in [0.4, 0.5) is 0 Å². The van der Waals surface area contributed by atoms with Gasteiger partial charge >= 0.3 is 0 Å². The van der Waals surface area contributed by atoms with Gasteiger partial charge in [0.2, 0.25) is 6.23 Å². The maximum atomic E-state index is 6.51. The predicted molar refractivity (Wildman–Crippen MR) is 130 cm³/mol. The van der Waals surface area contributed by atoms with E-state index < -0.39 is 0 Å². The lowest BCUT2D eigenvalue weighted by atomic mass is 9.86. The maximum Gasteiger partial charge on any atom is 0.213 e. The van der Waals surface area contributed by atoms with Crippen molar-refractivity contribution >= 4 is 21.6 Å². The average Bonchev–Trinajstić information content (AvgIpc) is 3.19. The van der Waals surface area contributed by atoms with E-state index in [2.05, 4.69) is 109 Å². The van der Waals surface area contributed by atoms with Crippen molar-refractivity contribution in [2.24, 2.45) is 5.10 Å². The summed E-state index contributed by atoms with van der Waals surface area (Å²) in [5, 5.41) is 7.23. The summed E-state index contributed by atoms with van der Waals surface area (Å²) in [6.07, 6.45) is 0.627. The molecule has 5 rings (SSSR count). The zero-order valence-corrected chi connectivity index (χ0v) is 20.0. The van der Waals surface area contributed by atoms with Crippen LogP contribution in [0.5, 0.6) is 5.75 Å². The van der Waals surface area contributed by atoms with Gasteiger partial charge in [-0.05, 0) is 41.7 Å². The lowest BCUT2D eigenvalue weighted by Crippen LogP contribution is -2.33. The number of benzene rings is 3. The highest BCUT2D eigenvalue weighted by Gasteiger charge is 2.41. The third-order valence-corrected chi connectivity index (χ3v) is 6.69. The highest BCUT2D eigenvalue weighted by molar-refractivity contribution is 9.10. The zero-order chi connectivity index (χ0) is 21.8. The molecule has 2 atom stereocenters. The van der Waals surface area contributed by atoms with Crippen molar-refractivity contribution in [3.05, 3.63) is 99.0 Å². The second-order valence-electron chi connectivity index (χ2n) is 9.54. The molecule has 3 nitrogen and oxygen atoms in total. The van der Waals surface area contributed by atoms with E-state index in [1.54, 1.807) is 0 Å². The number of nitrogens with zero attached hydrogens (tertiary/aromatic N) is 2. The zero-order valence-electron chi connectivity index (χ0n) is 18.4. The molecular weight excluding hydrogens is 448 g/mol. The van der Waals surface area contributed by atoms with Gasteiger partial charge in [-0.15, -0.1) is 0 Å². The number of hydrogen-bond donors (Lipinski definition) is 0. The standard InChI is InChI=1S/C27H27BrN2O/c1-17-5-7-18(8-6-17)23-16-24-22-15-21(28)13-14-25(22)31-26(30(24)29-23)19-9-11-20(12-10-19)27(2,3)4/h5-15,24,26H,16H2,1-4H3/t24-,26-/m1/s1. The van der Waals surface area contributed by atoms with E-state index in [0.29, 0.717) is 0 Å². The molecule has 4 heteroatoms. The monoisotopic (exact) mass is 474 g/mol. The van der Waals surface area contributed by atoms with Crippen molar-refractivity contribution in [2.45, 2.75) is 51.8 Å². The number of aryl methyl sites for hydroxylation is 1. The first kappa shape index (κ1) is 20.3. The molecule has 0 unspecified atom stereocenters.